The minimum atomic E-state index is -5.08. The van der Waals surface area contributed by atoms with Crippen molar-refractivity contribution in [2.75, 3.05) is 23.8 Å². The highest BCUT2D eigenvalue weighted by molar-refractivity contribution is 6.04. The average Bonchev–Trinajstić information content (AvgIpc) is 4.02. The highest BCUT2D eigenvalue weighted by Gasteiger charge is 2.39. The molecule has 1 fully saturated rings. The van der Waals surface area contributed by atoms with Gasteiger partial charge in [-0.1, -0.05) is 30.7 Å². The number of hydrogen-bond donors (Lipinski definition) is 7. The third kappa shape index (κ3) is 15.0. The van der Waals surface area contributed by atoms with Crippen LogP contribution in [-0.4, -0.2) is 88.3 Å². The lowest BCUT2D eigenvalue weighted by Crippen LogP contribution is -2.40. The van der Waals surface area contributed by atoms with Crippen molar-refractivity contribution >= 4 is 46.9 Å². The van der Waals surface area contributed by atoms with Crippen molar-refractivity contribution in [3.8, 4) is 5.75 Å². The van der Waals surface area contributed by atoms with Gasteiger partial charge in [-0.2, -0.15) is 26.3 Å². The summed E-state index contributed by atoms with van der Waals surface area (Å²) in [6.45, 7) is 1.27. The highest BCUT2D eigenvalue weighted by atomic mass is 19.4. The zero-order chi connectivity index (χ0) is 43.2. The van der Waals surface area contributed by atoms with Gasteiger partial charge in [0.2, 0.25) is 5.91 Å². The van der Waals surface area contributed by atoms with E-state index in [0.29, 0.717) is 54.3 Å². The minimum absolute atomic E-state index is 0.0754. The summed E-state index contributed by atoms with van der Waals surface area (Å²) in [6, 6.07) is 19.1. The molecule has 15 nitrogen and oxygen atoms in total. The number of nitrogens with zero attached hydrogens (tertiary/aromatic N) is 1. The summed E-state index contributed by atoms with van der Waals surface area (Å²) in [6.07, 6.45) is -6.03. The fourth-order valence-corrected chi connectivity index (χ4v) is 4.95. The van der Waals surface area contributed by atoms with E-state index in [0.717, 1.165) is 36.8 Å². The van der Waals surface area contributed by atoms with E-state index in [1.807, 2.05) is 29.2 Å². The Morgan fingerprint density at radius 1 is 0.845 bits per heavy atom. The molecule has 3 aromatic carbocycles. The zero-order valence-electron chi connectivity index (χ0n) is 30.5. The SMILES string of the molecule is NCCCC[C@@H](N)C(=O)NCc1ccc(NC(=O)c2ccc(CN(C(=O)c3ccc4c(c3)OCC(=O)N4)C3CC3)cc2)cc1.O=C(O)C(F)(F)F.O=C(O)C(F)(F)F. The van der Waals surface area contributed by atoms with Crippen molar-refractivity contribution in [2.45, 2.75) is 69.6 Å². The molecule has 58 heavy (non-hydrogen) atoms. The van der Waals surface area contributed by atoms with Crippen molar-refractivity contribution in [3.05, 3.63) is 89.0 Å². The second-order valence-electron chi connectivity index (χ2n) is 12.8. The lowest BCUT2D eigenvalue weighted by atomic mass is 10.1. The van der Waals surface area contributed by atoms with Crippen LogP contribution in [0.5, 0.6) is 5.75 Å². The third-order valence-electron chi connectivity index (χ3n) is 8.15. The molecule has 21 heteroatoms. The molecule has 1 heterocycles. The molecule has 0 radical (unpaired) electrons. The summed E-state index contributed by atoms with van der Waals surface area (Å²) < 4.78 is 69.0. The number of nitrogens with two attached hydrogens (primary N) is 2. The molecule has 2 aliphatic rings. The van der Waals surface area contributed by atoms with Gasteiger partial charge in [-0.15, -0.1) is 0 Å². The average molecular weight is 827 g/mol. The number of fused-ring (bicyclic) bond motifs is 1. The number of alkyl halides is 6. The van der Waals surface area contributed by atoms with Crippen molar-refractivity contribution in [2.24, 2.45) is 11.5 Å². The molecule has 1 aliphatic carbocycles. The Balaban J connectivity index is 0.000000550. The molecular weight excluding hydrogens is 786 g/mol. The number of benzene rings is 3. The second-order valence-corrected chi connectivity index (χ2v) is 12.8. The standard InChI is InChI=1S/C33H38N6O5.2C2HF3O2/c34-16-2-1-3-27(35)32(42)36-18-21-6-11-25(12-7-21)37-31(41)23-8-4-22(5-9-23)19-39(26-13-14-26)33(43)24-10-15-28-29(17-24)44-20-30(40)38-28;2*3-2(4,5)1(6)7/h4-12,15,17,26-27H,1-3,13-14,16,18-20,34-35H2,(H,36,42)(H,37,41)(H,38,40);2*(H,6,7)/t27-;;/m1../s1. The normalized spacial score (nSPS) is 13.7. The lowest BCUT2D eigenvalue weighted by Gasteiger charge is -2.24. The predicted molar refractivity (Wildman–Crippen MR) is 194 cm³/mol. The number of carboxylic acid groups (broad SMARTS) is 2. The smallest absolute Gasteiger partial charge is 0.482 e. The van der Waals surface area contributed by atoms with Crippen molar-refractivity contribution in [1.82, 2.24) is 10.2 Å². The van der Waals surface area contributed by atoms with E-state index < -0.39 is 30.3 Å². The van der Waals surface area contributed by atoms with Gasteiger partial charge in [0.05, 0.1) is 11.7 Å². The Kier molecular flexibility index (Phi) is 16.6. The van der Waals surface area contributed by atoms with Crippen molar-refractivity contribution < 1.29 is 70.1 Å². The number of unbranched alkanes of at least 4 members (excludes halogenated alkanes) is 1. The van der Waals surface area contributed by atoms with Crippen LogP contribution in [0.2, 0.25) is 0 Å². The number of amides is 4. The number of carbonyl (C=O) groups is 6. The van der Waals surface area contributed by atoms with E-state index in [1.165, 1.54) is 0 Å². The lowest BCUT2D eigenvalue weighted by molar-refractivity contribution is -0.193. The summed E-state index contributed by atoms with van der Waals surface area (Å²) >= 11 is 0. The van der Waals surface area contributed by atoms with E-state index in [2.05, 4.69) is 16.0 Å². The highest BCUT2D eigenvalue weighted by Crippen LogP contribution is 2.33. The summed E-state index contributed by atoms with van der Waals surface area (Å²) in [5, 5.41) is 22.7. The molecule has 4 amide bonds. The molecule has 3 aromatic rings. The number of aliphatic carboxylic acids is 2. The molecule has 0 aromatic heterocycles. The first kappa shape index (κ1) is 46.2. The Bertz CT molecular complexity index is 1900. The Morgan fingerprint density at radius 2 is 1.40 bits per heavy atom. The van der Waals surface area contributed by atoms with Crippen LogP contribution >= 0.6 is 0 Å². The maximum absolute atomic E-state index is 13.4. The number of hydrogen-bond acceptors (Lipinski definition) is 9. The summed E-state index contributed by atoms with van der Waals surface area (Å²) in [7, 11) is 0. The van der Waals surface area contributed by atoms with Gasteiger partial charge in [0.15, 0.2) is 6.61 Å². The minimum Gasteiger partial charge on any atom is -0.482 e. The molecular formula is C37H40F6N6O9. The van der Waals surface area contributed by atoms with Crippen molar-refractivity contribution in [1.29, 1.82) is 0 Å². The summed E-state index contributed by atoms with van der Waals surface area (Å²) in [4.78, 5) is 69.7. The quantitative estimate of drug-likeness (QED) is 0.0940. The maximum Gasteiger partial charge on any atom is 0.490 e. The molecule has 314 valence electrons. The van der Waals surface area contributed by atoms with Crippen LogP contribution in [0.15, 0.2) is 66.7 Å². The predicted octanol–water partition coefficient (Wildman–Crippen LogP) is 4.41. The van der Waals surface area contributed by atoms with Gasteiger partial charge >= 0.3 is 24.3 Å². The number of rotatable bonds is 13. The molecule has 9 N–H and O–H groups in total. The molecule has 0 spiro atoms. The Morgan fingerprint density at radius 3 is 1.93 bits per heavy atom. The van der Waals surface area contributed by atoms with Gasteiger partial charge in [0, 0.05) is 35.9 Å². The second kappa shape index (κ2) is 20.8. The number of carboxylic acids is 2. The summed E-state index contributed by atoms with van der Waals surface area (Å²) in [5.74, 6) is -5.81. The number of nitrogens with one attached hydrogen (secondary N) is 3. The van der Waals surface area contributed by atoms with Gasteiger partial charge in [-0.3, -0.25) is 19.2 Å². The molecule has 1 aliphatic heterocycles. The molecule has 0 unspecified atom stereocenters. The Labute approximate surface area is 326 Å². The van der Waals surface area contributed by atoms with E-state index in [4.69, 9.17) is 36.0 Å². The van der Waals surface area contributed by atoms with Gasteiger partial charge in [-0.05, 0) is 85.8 Å². The molecule has 0 saturated heterocycles. The van der Waals surface area contributed by atoms with Crippen LogP contribution in [0.25, 0.3) is 0 Å². The van der Waals surface area contributed by atoms with E-state index in [-0.39, 0.29) is 36.3 Å². The van der Waals surface area contributed by atoms with Crippen LogP contribution in [0.3, 0.4) is 0 Å². The molecule has 1 atom stereocenters. The van der Waals surface area contributed by atoms with Gasteiger partial charge in [0.25, 0.3) is 17.7 Å². The Hall–Kier alpha value is -6.22. The van der Waals surface area contributed by atoms with Gasteiger partial charge in [-0.25, -0.2) is 9.59 Å². The number of anilines is 2. The maximum atomic E-state index is 13.4. The van der Waals surface area contributed by atoms with E-state index >= 15 is 0 Å². The molecule has 5 rings (SSSR count). The van der Waals surface area contributed by atoms with Crippen LogP contribution in [-0.2, 0) is 32.3 Å². The van der Waals surface area contributed by atoms with Crippen LogP contribution < -0.4 is 32.2 Å². The van der Waals surface area contributed by atoms with Crippen LogP contribution in [0.1, 0.15) is 63.9 Å². The van der Waals surface area contributed by atoms with Gasteiger partial charge < -0.3 is 47.3 Å². The number of ether oxygens (including phenoxy) is 1. The molecule has 0 bridgehead atoms. The first-order valence-electron chi connectivity index (χ1n) is 17.4. The van der Waals surface area contributed by atoms with E-state index in [1.54, 1.807) is 42.5 Å². The topological polar surface area (TPSA) is 243 Å². The van der Waals surface area contributed by atoms with Gasteiger partial charge in [0.1, 0.15) is 5.75 Å². The fourth-order valence-electron chi connectivity index (χ4n) is 4.95. The zero-order valence-corrected chi connectivity index (χ0v) is 30.5. The van der Waals surface area contributed by atoms with Crippen molar-refractivity contribution in [3.63, 3.8) is 0 Å². The van der Waals surface area contributed by atoms with E-state index in [9.17, 15) is 45.5 Å². The third-order valence-corrected chi connectivity index (χ3v) is 8.15. The number of halogens is 6. The summed E-state index contributed by atoms with van der Waals surface area (Å²) in [5.41, 5.74) is 15.4. The first-order chi connectivity index (χ1) is 27.2. The van der Waals surface area contributed by atoms with Crippen LogP contribution in [0.4, 0.5) is 37.7 Å². The largest absolute Gasteiger partial charge is 0.490 e. The first-order valence-corrected chi connectivity index (χ1v) is 17.4. The fraction of sp³-hybridized carbons (Fsp3) is 0.351. The van der Waals surface area contributed by atoms with Crippen LogP contribution in [0, 0.1) is 0 Å². The monoisotopic (exact) mass is 826 g/mol. The number of carbonyl (C=O) groups excluding carboxylic acids is 4. The molecule has 1 saturated carbocycles.